The molecule has 0 saturated carbocycles. The van der Waals surface area contributed by atoms with Crippen molar-refractivity contribution in [1.29, 1.82) is 0 Å². The average Bonchev–Trinajstić information content (AvgIpc) is 2.47. The van der Waals surface area contributed by atoms with E-state index in [4.69, 9.17) is 5.11 Å². The van der Waals surface area contributed by atoms with Gasteiger partial charge in [-0.1, -0.05) is 96.8 Å². The van der Waals surface area contributed by atoms with Crippen LogP contribution in [0.15, 0.2) is 0 Å². The Morgan fingerprint density at radius 1 is 0.522 bits per heavy atom. The third-order valence-corrected chi connectivity index (χ3v) is 3.76. The minimum atomic E-state index is 0. The summed E-state index contributed by atoms with van der Waals surface area (Å²) in [6.45, 7) is 2.65. The second-order valence-corrected chi connectivity index (χ2v) is 7.01. The van der Waals surface area contributed by atoms with E-state index in [0.29, 0.717) is 6.61 Å². The van der Waals surface area contributed by atoms with Crippen molar-refractivity contribution in [3.8, 4) is 0 Å². The molecule has 0 bridgehead atoms. The van der Waals surface area contributed by atoms with Gasteiger partial charge < -0.3 is 15.5 Å². The molecule has 23 heavy (non-hydrogen) atoms. The molecule has 3 N–H and O–H groups in total. The fraction of sp³-hybridized carbons (Fsp3) is 1.00. The van der Waals surface area contributed by atoms with Crippen molar-refractivity contribution in [2.24, 2.45) is 0 Å². The molecule has 0 amide bonds. The number of aliphatic hydroxyl groups is 1. The van der Waals surface area contributed by atoms with Gasteiger partial charge in [0.25, 0.3) is 0 Å². The summed E-state index contributed by atoms with van der Waals surface area (Å²) in [6.07, 6.45) is 20.7. The number of hydrogen-bond acceptors (Lipinski definition) is 2. The van der Waals surface area contributed by atoms with E-state index >= 15 is 0 Å². The van der Waals surface area contributed by atoms with Gasteiger partial charge in [-0.3, -0.25) is 0 Å². The molecule has 0 rings (SSSR count). The van der Waals surface area contributed by atoms with Crippen LogP contribution in [0.1, 0.15) is 103 Å². The standard InChI is InChI=1S/C17H36O.C3H9N.H2O/c1-2-3-4-5-6-7-8-9-10-11-12-13-14-15-16-17-18;1-4(2)3;/h18H,2-17H2,1H3;1-3H3;1H2. The molecule has 0 radical (unpaired) electrons. The normalized spacial score (nSPS) is 10.2. The summed E-state index contributed by atoms with van der Waals surface area (Å²) < 4.78 is 0. The monoisotopic (exact) mass is 333 g/mol. The molecule has 0 unspecified atom stereocenters. The van der Waals surface area contributed by atoms with Gasteiger partial charge in [0.15, 0.2) is 0 Å². The van der Waals surface area contributed by atoms with Gasteiger partial charge in [0.1, 0.15) is 0 Å². The summed E-state index contributed by atoms with van der Waals surface area (Å²) in [6, 6.07) is 0. The lowest BCUT2D eigenvalue weighted by atomic mass is 10.0. The van der Waals surface area contributed by atoms with Gasteiger partial charge in [-0.2, -0.15) is 0 Å². The molecule has 3 heteroatoms. The van der Waals surface area contributed by atoms with Crippen molar-refractivity contribution < 1.29 is 10.6 Å². The molecule has 0 aromatic rings. The third kappa shape index (κ3) is 39.1. The molecule has 0 heterocycles. The Morgan fingerprint density at radius 2 is 0.739 bits per heavy atom. The van der Waals surface area contributed by atoms with Crippen LogP contribution in [0.3, 0.4) is 0 Å². The Kier molecular flexibility index (Phi) is 32.2. The first-order valence-electron chi connectivity index (χ1n) is 9.86. The minimum Gasteiger partial charge on any atom is -0.412 e. The van der Waals surface area contributed by atoms with Gasteiger partial charge in [-0.15, -0.1) is 0 Å². The van der Waals surface area contributed by atoms with Crippen molar-refractivity contribution in [2.75, 3.05) is 27.7 Å². The summed E-state index contributed by atoms with van der Waals surface area (Å²) in [5.41, 5.74) is 0. The number of nitrogens with zero attached hydrogens (tertiary/aromatic N) is 1. The van der Waals surface area contributed by atoms with E-state index in [1.54, 1.807) is 0 Å². The van der Waals surface area contributed by atoms with E-state index < -0.39 is 0 Å². The van der Waals surface area contributed by atoms with E-state index in [0.717, 1.165) is 6.42 Å². The van der Waals surface area contributed by atoms with E-state index in [2.05, 4.69) is 6.92 Å². The zero-order valence-corrected chi connectivity index (χ0v) is 16.7. The molecule has 144 valence electrons. The summed E-state index contributed by atoms with van der Waals surface area (Å²) in [4.78, 5) is 2.00. The fourth-order valence-corrected chi connectivity index (χ4v) is 2.48. The Morgan fingerprint density at radius 3 is 0.957 bits per heavy atom. The highest BCUT2D eigenvalue weighted by Crippen LogP contribution is 2.13. The van der Waals surface area contributed by atoms with Crippen LogP contribution in [-0.2, 0) is 0 Å². The lowest BCUT2D eigenvalue weighted by Gasteiger charge is -2.02. The van der Waals surface area contributed by atoms with E-state index in [1.807, 2.05) is 26.0 Å². The van der Waals surface area contributed by atoms with Crippen LogP contribution < -0.4 is 0 Å². The first kappa shape index (κ1) is 27.7. The number of hydrogen-bond donors (Lipinski definition) is 1. The van der Waals surface area contributed by atoms with Crippen molar-refractivity contribution in [1.82, 2.24) is 4.90 Å². The average molecular weight is 334 g/mol. The fourth-order valence-electron chi connectivity index (χ4n) is 2.48. The first-order chi connectivity index (χ1) is 10.6. The van der Waals surface area contributed by atoms with E-state index in [1.165, 1.54) is 89.9 Å². The van der Waals surface area contributed by atoms with Gasteiger partial charge in [0, 0.05) is 6.61 Å². The highest BCUT2D eigenvalue weighted by Gasteiger charge is 1.93. The van der Waals surface area contributed by atoms with Crippen molar-refractivity contribution in [3.63, 3.8) is 0 Å². The molecule has 0 atom stereocenters. The minimum absolute atomic E-state index is 0. The van der Waals surface area contributed by atoms with Crippen LogP contribution in [0.25, 0.3) is 0 Å². The molecular weight excluding hydrogens is 286 g/mol. The largest absolute Gasteiger partial charge is 0.412 e. The van der Waals surface area contributed by atoms with Crippen LogP contribution in [0.2, 0.25) is 0 Å². The second kappa shape index (κ2) is 26.8. The van der Waals surface area contributed by atoms with E-state index in [-0.39, 0.29) is 5.48 Å². The smallest absolute Gasteiger partial charge is 0.0431 e. The van der Waals surface area contributed by atoms with Gasteiger partial charge in [0.05, 0.1) is 0 Å². The lowest BCUT2D eigenvalue weighted by molar-refractivity contribution is 0.282. The Balaban J connectivity index is -0.000000712. The first-order valence-corrected chi connectivity index (χ1v) is 9.86. The molecule has 0 aromatic carbocycles. The second-order valence-electron chi connectivity index (χ2n) is 7.01. The summed E-state index contributed by atoms with van der Waals surface area (Å²) in [5, 5.41) is 8.66. The molecule has 0 spiro atoms. The van der Waals surface area contributed by atoms with Crippen LogP contribution in [0, 0.1) is 0 Å². The number of rotatable bonds is 15. The van der Waals surface area contributed by atoms with Crippen molar-refractivity contribution >= 4 is 0 Å². The molecule has 3 nitrogen and oxygen atoms in total. The van der Waals surface area contributed by atoms with Crippen molar-refractivity contribution in [3.05, 3.63) is 0 Å². The van der Waals surface area contributed by atoms with Gasteiger partial charge in [0.2, 0.25) is 0 Å². The van der Waals surface area contributed by atoms with Crippen LogP contribution >= 0.6 is 0 Å². The molecule has 0 aliphatic rings. The zero-order valence-electron chi connectivity index (χ0n) is 16.7. The topological polar surface area (TPSA) is 55.0 Å². The van der Waals surface area contributed by atoms with Crippen LogP contribution in [-0.4, -0.2) is 43.2 Å². The zero-order chi connectivity index (χ0) is 16.9. The molecule has 0 saturated heterocycles. The van der Waals surface area contributed by atoms with Crippen LogP contribution in [0.5, 0.6) is 0 Å². The van der Waals surface area contributed by atoms with Crippen LogP contribution in [0.4, 0.5) is 0 Å². The Bertz CT molecular complexity index is 156. The molecule has 0 fully saturated rings. The molecular formula is C20H47NO2. The molecule has 0 aliphatic carbocycles. The van der Waals surface area contributed by atoms with Gasteiger partial charge >= 0.3 is 0 Å². The summed E-state index contributed by atoms with van der Waals surface area (Å²) in [7, 11) is 6.00. The van der Waals surface area contributed by atoms with Gasteiger partial charge in [-0.25, -0.2) is 0 Å². The Labute approximate surface area is 147 Å². The maximum Gasteiger partial charge on any atom is 0.0431 e. The molecule has 0 aromatic heterocycles. The molecule has 0 aliphatic heterocycles. The highest BCUT2D eigenvalue weighted by molar-refractivity contribution is 4.49. The third-order valence-electron chi connectivity index (χ3n) is 3.76. The van der Waals surface area contributed by atoms with Crippen molar-refractivity contribution in [2.45, 2.75) is 103 Å². The predicted octanol–water partition coefficient (Wildman–Crippen LogP) is 5.20. The highest BCUT2D eigenvalue weighted by atomic mass is 16.2. The lowest BCUT2D eigenvalue weighted by Crippen LogP contribution is -1.99. The predicted molar refractivity (Wildman–Crippen MR) is 105 cm³/mol. The number of unbranched alkanes of at least 4 members (excludes halogenated alkanes) is 14. The van der Waals surface area contributed by atoms with E-state index in [9.17, 15) is 0 Å². The Hall–Kier alpha value is -0.120. The summed E-state index contributed by atoms with van der Waals surface area (Å²) >= 11 is 0. The maximum atomic E-state index is 8.66. The quantitative estimate of drug-likeness (QED) is 0.419. The maximum absolute atomic E-state index is 8.66. The summed E-state index contributed by atoms with van der Waals surface area (Å²) in [5.74, 6) is 0. The SMILES string of the molecule is CCCCCCCCCCCCCCCCCO.CN(C)C.O. The number of aliphatic hydroxyl groups excluding tert-OH is 1. The van der Waals surface area contributed by atoms with Gasteiger partial charge in [-0.05, 0) is 27.6 Å².